The highest BCUT2D eigenvalue weighted by molar-refractivity contribution is 5.37. The number of para-hydroxylation sites is 1. The fraction of sp³-hybridized carbons (Fsp3) is 0.467. The first-order valence-electron chi connectivity index (χ1n) is 7.17. The Balaban J connectivity index is 1.71. The predicted molar refractivity (Wildman–Crippen MR) is 76.7 cm³/mol. The molecule has 0 radical (unpaired) electrons. The smallest absolute Gasteiger partial charge is 0.164 e. The SMILES string of the molecule is CCNCc1ncn(CC2CCOc3ccccc32)n1. The lowest BCUT2D eigenvalue weighted by atomic mass is 9.93. The first kappa shape index (κ1) is 13.1. The van der Waals surface area contributed by atoms with E-state index in [9.17, 15) is 0 Å². The second kappa shape index (κ2) is 6.05. The summed E-state index contributed by atoms with van der Waals surface area (Å²) in [6.45, 7) is 5.38. The normalized spacial score (nSPS) is 17.6. The summed E-state index contributed by atoms with van der Waals surface area (Å²) in [6, 6.07) is 8.28. The summed E-state index contributed by atoms with van der Waals surface area (Å²) in [4.78, 5) is 4.33. The van der Waals surface area contributed by atoms with E-state index in [1.807, 2.05) is 23.1 Å². The third-order valence-electron chi connectivity index (χ3n) is 3.61. The highest BCUT2D eigenvalue weighted by Gasteiger charge is 2.21. The fourth-order valence-corrected chi connectivity index (χ4v) is 2.57. The Kier molecular flexibility index (Phi) is 3.97. The van der Waals surface area contributed by atoms with E-state index in [-0.39, 0.29) is 0 Å². The summed E-state index contributed by atoms with van der Waals surface area (Å²) in [6.07, 6.45) is 2.85. The van der Waals surface area contributed by atoms with Crippen LogP contribution in [0.1, 0.15) is 30.7 Å². The van der Waals surface area contributed by atoms with E-state index in [0.29, 0.717) is 5.92 Å². The number of ether oxygens (including phenoxy) is 1. The topological polar surface area (TPSA) is 52.0 Å². The Hall–Kier alpha value is -1.88. The Morgan fingerprint density at radius 2 is 2.30 bits per heavy atom. The number of hydrogen-bond donors (Lipinski definition) is 1. The first-order valence-corrected chi connectivity index (χ1v) is 7.17. The molecular formula is C15H20N4O. The average Bonchev–Trinajstić information content (AvgIpc) is 2.93. The van der Waals surface area contributed by atoms with E-state index >= 15 is 0 Å². The van der Waals surface area contributed by atoms with E-state index < -0.39 is 0 Å². The summed E-state index contributed by atoms with van der Waals surface area (Å²) in [5.41, 5.74) is 1.28. The van der Waals surface area contributed by atoms with Gasteiger partial charge in [-0.2, -0.15) is 5.10 Å². The number of nitrogens with one attached hydrogen (secondary N) is 1. The van der Waals surface area contributed by atoms with Crippen molar-refractivity contribution in [1.29, 1.82) is 0 Å². The quantitative estimate of drug-likeness (QED) is 0.904. The van der Waals surface area contributed by atoms with E-state index in [2.05, 4.69) is 34.5 Å². The van der Waals surface area contributed by atoms with Gasteiger partial charge in [-0.15, -0.1) is 0 Å². The molecule has 1 atom stereocenters. The minimum absolute atomic E-state index is 0.452. The summed E-state index contributed by atoms with van der Waals surface area (Å²) >= 11 is 0. The van der Waals surface area contributed by atoms with Crippen LogP contribution in [0.4, 0.5) is 0 Å². The van der Waals surface area contributed by atoms with Gasteiger partial charge in [-0.1, -0.05) is 25.1 Å². The molecule has 2 heterocycles. The molecule has 5 nitrogen and oxygen atoms in total. The second-order valence-corrected chi connectivity index (χ2v) is 5.04. The van der Waals surface area contributed by atoms with E-state index in [1.54, 1.807) is 0 Å². The summed E-state index contributed by atoms with van der Waals surface area (Å²) < 4.78 is 7.64. The third-order valence-corrected chi connectivity index (χ3v) is 3.61. The van der Waals surface area contributed by atoms with Crippen LogP contribution >= 0.6 is 0 Å². The van der Waals surface area contributed by atoms with Crippen molar-refractivity contribution < 1.29 is 4.74 Å². The van der Waals surface area contributed by atoms with Crippen LogP contribution in [-0.2, 0) is 13.1 Å². The molecule has 0 bridgehead atoms. The van der Waals surface area contributed by atoms with Crippen LogP contribution < -0.4 is 10.1 Å². The average molecular weight is 272 g/mol. The van der Waals surface area contributed by atoms with Crippen molar-refractivity contribution in [1.82, 2.24) is 20.1 Å². The minimum atomic E-state index is 0.452. The predicted octanol–water partition coefficient (Wildman–Crippen LogP) is 1.95. The molecule has 20 heavy (non-hydrogen) atoms. The van der Waals surface area contributed by atoms with Crippen molar-refractivity contribution in [2.45, 2.75) is 32.4 Å². The Morgan fingerprint density at radius 3 is 3.20 bits per heavy atom. The molecular weight excluding hydrogens is 252 g/mol. The molecule has 1 aliphatic rings. The molecule has 0 spiro atoms. The van der Waals surface area contributed by atoms with Crippen LogP contribution in [0.2, 0.25) is 0 Å². The zero-order chi connectivity index (χ0) is 13.8. The minimum Gasteiger partial charge on any atom is -0.493 e. The van der Waals surface area contributed by atoms with Crippen LogP contribution in [-0.4, -0.2) is 27.9 Å². The van der Waals surface area contributed by atoms with Gasteiger partial charge in [0.2, 0.25) is 0 Å². The maximum atomic E-state index is 5.69. The standard InChI is InChI=1S/C15H20N4O/c1-2-16-9-15-17-11-19(18-15)10-12-7-8-20-14-6-4-3-5-13(12)14/h3-6,11-12,16H,2,7-10H2,1H3. The van der Waals surface area contributed by atoms with Gasteiger partial charge in [0.1, 0.15) is 12.1 Å². The van der Waals surface area contributed by atoms with Gasteiger partial charge in [0.15, 0.2) is 5.82 Å². The van der Waals surface area contributed by atoms with Crippen molar-refractivity contribution in [2.75, 3.05) is 13.2 Å². The highest BCUT2D eigenvalue weighted by Crippen LogP contribution is 2.34. The number of hydrogen-bond acceptors (Lipinski definition) is 4. The van der Waals surface area contributed by atoms with Gasteiger partial charge in [0, 0.05) is 12.5 Å². The first-order chi connectivity index (χ1) is 9.86. The van der Waals surface area contributed by atoms with E-state index in [4.69, 9.17) is 4.74 Å². The molecule has 0 aliphatic carbocycles. The number of rotatable bonds is 5. The molecule has 2 aromatic rings. The zero-order valence-corrected chi connectivity index (χ0v) is 11.7. The monoisotopic (exact) mass is 272 g/mol. The maximum absolute atomic E-state index is 5.69. The van der Waals surface area contributed by atoms with Crippen LogP contribution in [0.15, 0.2) is 30.6 Å². The molecule has 1 aromatic heterocycles. The maximum Gasteiger partial charge on any atom is 0.164 e. The molecule has 0 saturated heterocycles. The van der Waals surface area contributed by atoms with E-state index in [1.165, 1.54) is 5.56 Å². The van der Waals surface area contributed by atoms with E-state index in [0.717, 1.165) is 44.2 Å². The number of benzene rings is 1. The lowest BCUT2D eigenvalue weighted by molar-refractivity contribution is 0.256. The van der Waals surface area contributed by atoms with Crippen molar-refractivity contribution >= 4 is 0 Å². The Morgan fingerprint density at radius 1 is 1.40 bits per heavy atom. The molecule has 0 amide bonds. The van der Waals surface area contributed by atoms with Gasteiger partial charge in [-0.05, 0) is 24.6 Å². The molecule has 0 saturated carbocycles. The third kappa shape index (κ3) is 2.82. The van der Waals surface area contributed by atoms with Gasteiger partial charge in [0.05, 0.1) is 13.2 Å². The summed E-state index contributed by atoms with van der Waals surface area (Å²) in [5, 5.41) is 7.76. The molecule has 1 unspecified atom stereocenters. The van der Waals surface area contributed by atoms with Gasteiger partial charge in [-0.25, -0.2) is 4.98 Å². The fourth-order valence-electron chi connectivity index (χ4n) is 2.57. The molecule has 106 valence electrons. The van der Waals surface area contributed by atoms with Crippen molar-refractivity contribution in [3.63, 3.8) is 0 Å². The van der Waals surface area contributed by atoms with Gasteiger partial charge in [-0.3, -0.25) is 4.68 Å². The lowest BCUT2D eigenvalue weighted by Crippen LogP contribution is -2.19. The van der Waals surface area contributed by atoms with Gasteiger partial charge < -0.3 is 10.1 Å². The van der Waals surface area contributed by atoms with Gasteiger partial charge >= 0.3 is 0 Å². The Labute approximate surface area is 119 Å². The number of aromatic nitrogens is 3. The lowest BCUT2D eigenvalue weighted by Gasteiger charge is -2.25. The number of nitrogens with zero attached hydrogens (tertiary/aromatic N) is 3. The molecule has 1 aromatic carbocycles. The van der Waals surface area contributed by atoms with Crippen LogP contribution in [0.25, 0.3) is 0 Å². The van der Waals surface area contributed by atoms with Crippen molar-refractivity contribution in [3.8, 4) is 5.75 Å². The molecule has 1 aliphatic heterocycles. The highest BCUT2D eigenvalue weighted by atomic mass is 16.5. The molecule has 5 heteroatoms. The van der Waals surface area contributed by atoms with Crippen molar-refractivity contribution in [3.05, 3.63) is 42.0 Å². The summed E-state index contributed by atoms with van der Waals surface area (Å²) in [5.74, 6) is 2.32. The van der Waals surface area contributed by atoms with Crippen LogP contribution in [0, 0.1) is 0 Å². The number of fused-ring (bicyclic) bond motifs is 1. The molecule has 1 N–H and O–H groups in total. The Bertz CT molecular complexity index is 567. The second-order valence-electron chi connectivity index (χ2n) is 5.04. The summed E-state index contributed by atoms with van der Waals surface area (Å²) in [7, 11) is 0. The zero-order valence-electron chi connectivity index (χ0n) is 11.7. The molecule has 0 fully saturated rings. The van der Waals surface area contributed by atoms with Crippen LogP contribution in [0.3, 0.4) is 0 Å². The van der Waals surface area contributed by atoms with Crippen molar-refractivity contribution in [2.24, 2.45) is 0 Å². The van der Waals surface area contributed by atoms with Gasteiger partial charge in [0.25, 0.3) is 0 Å². The van der Waals surface area contributed by atoms with Crippen LogP contribution in [0.5, 0.6) is 5.75 Å². The molecule has 3 rings (SSSR count). The largest absolute Gasteiger partial charge is 0.493 e.